The van der Waals surface area contributed by atoms with Crippen LogP contribution in [0, 0.1) is 5.92 Å². The molecule has 1 heterocycles. The van der Waals surface area contributed by atoms with Gasteiger partial charge in [-0.05, 0) is 51.3 Å². The number of pyridine rings is 1. The predicted molar refractivity (Wildman–Crippen MR) is 134 cm³/mol. The number of carbonyl (C=O) groups is 5. The van der Waals surface area contributed by atoms with Crippen molar-refractivity contribution in [1.82, 2.24) is 15.6 Å². The summed E-state index contributed by atoms with van der Waals surface area (Å²) in [5.41, 5.74) is 17.0. The van der Waals surface area contributed by atoms with E-state index >= 15 is 0 Å². The van der Waals surface area contributed by atoms with Gasteiger partial charge in [-0.1, -0.05) is 24.3 Å². The second-order valence-corrected chi connectivity index (χ2v) is 8.70. The first kappa shape index (κ1) is 28.4. The minimum Gasteiger partial charge on any atom is -0.369 e. The van der Waals surface area contributed by atoms with Crippen molar-refractivity contribution in [1.29, 1.82) is 0 Å². The smallest absolute Gasteiger partial charge is 0.270 e. The van der Waals surface area contributed by atoms with Gasteiger partial charge in [-0.15, -0.1) is 0 Å². The highest BCUT2D eigenvalue weighted by atomic mass is 16.2. The number of aromatic nitrogens is 1. The molecule has 2 aromatic rings. The van der Waals surface area contributed by atoms with Crippen LogP contribution in [-0.2, 0) is 19.2 Å². The lowest BCUT2D eigenvalue weighted by Gasteiger charge is -2.18. The molecule has 4 amide bonds. The molecule has 0 aliphatic carbocycles. The van der Waals surface area contributed by atoms with E-state index in [9.17, 15) is 24.0 Å². The number of nitrogens with one attached hydrogen (secondary N) is 2. The van der Waals surface area contributed by atoms with E-state index in [0.717, 1.165) is 5.39 Å². The lowest BCUT2D eigenvalue weighted by Crippen LogP contribution is -2.44. The Hall–Kier alpha value is -3.86. The van der Waals surface area contributed by atoms with Crippen LogP contribution in [0.15, 0.2) is 36.4 Å². The second kappa shape index (κ2) is 13.9. The molecule has 36 heavy (non-hydrogen) atoms. The van der Waals surface area contributed by atoms with E-state index in [1.807, 2.05) is 18.2 Å². The number of rotatable bonds is 15. The van der Waals surface area contributed by atoms with E-state index in [1.54, 1.807) is 18.2 Å². The first-order chi connectivity index (χ1) is 17.1. The van der Waals surface area contributed by atoms with Crippen molar-refractivity contribution >= 4 is 40.3 Å². The van der Waals surface area contributed by atoms with E-state index < -0.39 is 47.4 Å². The fourth-order valence-corrected chi connectivity index (χ4v) is 3.66. The third-order valence-corrected chi connectivity index (χ3v) is 5.86. The van der Waals surface area contributed by atoms with Crippen LogP contribution in [0.4, 0.5) is 0 Å². The minimum atomic E-state index is -0.911. The third-order valence-electron chi connectivity index (χ3n) is 5.86. The molecule has 8 N–H and O–H groups in total. The number of carbonyl (C=O) groups excluding carboxylic acids is 5. The summed E-state index contributed by atoms with van der Waals surface area (Å²) in [7, 11) is 0. The molecule has 0 spiro atoms. The maximum Gasteiger partial charge on any atom is 0.270 e. The van der Waals surface area contributed by atoms with Crippen molar-refractivity contribution in [3.05, 3.63) is 42.1 Å². The van der Waals surface area contributed by atoms with Crippen LogP contribution in [0.2, 0.25) is 0 Å². The number of fused-ring (bicyclic) bond motifs is 1. The zero-order chi connectivity index (χ0) is 26.7. The number of nitrogens with zero attached hydrogens (tertiary/aromatic N) is 1. The van der Waals surface area contributed by atoms with Crippen LogP contribution >= 0.6 is 0 Å². The second-order valence-electron chi connectivity index (χ2n) is 8.70. The molecule has 194 valence electrons. The molecule has 0 aliphatic rings. The standard InChI is InChI=1S/C25H34N6O5/c1-15(29-25(36)20-11-9-16-6-2-3-7-18(16)30-20)21(32)14-17(23(27)34)10-12-22(33)31-19(24(28)35)8-4-5-13-26/h2-3,6-7,9,11,15,17,19H,4-5,8,10,12-14,26H2,1H3,(H2,27,34)(H2,28,35)(H,29,36)(H,31,33)/t15?,17-,19?/m1/s1. The lowest BCUT2D eigenvalue weighted by molar-refractivity contribution is -0.130. The molecular weight excluding hydrogens is 464 g/mol. The minimum absolute atomic E-state index is 0.00802. The van der Waals surface area contributed by atoms with Crippen LogP contribution in [0.25, 0.3) is 10.9 Å². The first-order valence-electron chi connectivity index (χ1n) is 11.9. The fraction of sp³-hybridized carbons (Fsp3) is 0.440. The van der Waals surface area contributed by atoms with Gasteiger partial charge in [0.25, 0.3) is 5.91 Å². The summed E-state index contributed by atoms with van der Waals surface area (Å²) in [4.78, 5) is 65.3. The van der Waals surface area contributed by atoms with Gasteiger partial charge in [-0.2, -0.15) is 0 Å². The van der Waals surface area contributed by atoms with Crippen LogP contribution < -0.4 is 27.8 Å². The molecule has 0 saturated carbocycles. The summed E-state index contributed by atoms with van der Waals surface area (Å²) < 4.78 is 0. The van der Waals surface area contributed by atoms with Gasteiger partial charge in [0.2, 0.25) is 17.7 Å². The fourth-order valence-electron chi connectivity index (χ4n) is 3.66. The monoisotopic (exact) mass is 498 g/mol. The number of amides is 4. The predicted octanol–water partition coefficient (Wildman–Crippen LogP) is 0.293. The molecule has 2 unspecified atom stereocenters. The molecule has 0 radical (unpaired) electrons. The van der Waals surface area contributed by atoms with E-state index in [4.69, 9.17) is 17.2 Å². The molecule has 0 bridgehead atoms. The summed E-state index contributed by atoms with van der Waals surface area (Å²) in [6, 6.07) is 8.91. The maximum absolute atomic E-state index is 12.7. The van der Waals surface area contributed by atoms with Crippen LogP contribution in [0.5, 0.6) is 0 Å². The van der Waals surface area contributed by atoms with Crippen LogP contribution in [-0.4, -0.2) is 53.0 Å². The van der Waals surface area contributed by atoms with Gasteiger partial charge in [0, 0.05) is 24.1 Å². The van der Waals surface area contributed by atoms with Gasteiger partial charge in [-0.25, -0.2) is 4.98 Å². The molecule has 1 aromatic carbocycles. The Kier molecular flexibility index (Phi) is 10.9. The highest BCUT2D eigenvalue weighted by Gasteiger charge is 2.26. The summed E-state index contributed by atoms with van der Waals surface area (Å²) in [6.07, 6.45) is 1.32. The van der Waals surface area contributed by atoms with E-state index in [-0.39, 0.29) is 25.0 Å². The Labute approximate surface area is 209 Å². The van der Waals surface area contributed by atoms with Gasteiger partial charge in [0.15, 0.2) is 5.78 Å². The molecule has 0 saturated heterocycles. The van der Waals surface area contributed by atoms with E-state index in [2.05, 4.69) is 15.6 Å². The highest BCUT2D eigenvalue weighted by molar-refractivity contribution is 5.98. The van der Waals surface area contributed by atoms with Crippen molar-refractivity contribution in [2.24, 2.45) is 23.1 Å². The Morgan fingerprint density at radius 2 is 1.64 bits per heavy atom. The Bertz CT molecular complexity index is 1110. The van der Waals surface area contributed by atoms with Gasteiger partial charge in [0.05, 0.1) is 11.6 Å². The van der Waals surface area contributed by atoms with Crippen molar-refractivity contribution in [3.63, 3.8) is 0 Å². The number of nitrogens with two attached hydrogens (primary N) is 3. The largest absolute Gasteiger partial charge is 0.369 e. The summed E-state index contributed by atoms with van der Waals surface area (Å²) in [5, 5.41) is 6.02. The zero-order valence-electron chi connectivity index (χ0n) is 20.4. The number of hydrogen-bond acceptors (Lipinski definition) is 7. The van der Waals surface area contributed by atoms with Crippen LogP contribution in [0.1, 0.15) is 55.9 Å². The molecule has 3 atom stereocenters. The molecule has 2 rings (SSSR count). The quantitative estimate of drug-likeness (QED) is 0.217. The van der Waals surface area contributed by atoms with Crippen molar-refractivity contribution < 1.29 is 24.0 Å². The third kappa shape index (κ3) is 8.73. The van der Waals surface area contributed by atoms with E-state index in [0.29, 0.717) is 31.3 Å². The molecule has 1 aromatic heterocycles. The normalized spacial score (nSPS) is 13.4. The topological polar surface area (TPSA) is 200 Å². The molecular formula is C25H34N6O5. The number of primary amides is 2. The molecule has 0 aliphatic heterocycles. The molecule has 0 fully saturated rings. The lowest BCUT2D eigenvalue weighted by atomic mass is 9.93. The molecule has 11 nitrogen and oxygen atoms in total. The Balaban J connectivity index is 1.89. The molecule has 11 heteroatoms. The number of benzene rings is 1. The van der Waals surface area contributed by atoms with Crippen LogP contribution in [0.3, 0.4) is 0 Å². The number of hydrogen-bond donors (Lipinski definition) is 5. The zero-order valence-corrected chi connectivity index (χ0v) is 20.4. The van der Waals surface area contributed by atoms with Gasteiger partial charge in [-0.3, -0.25) is 24.0 Å². The SMILES string of the molecule is CC(NC(=O)c1ccc2ccccc2n1)C(=O)C[C@@H](CCC(=O)NC(CCCCN)C(N)=O)C(N)=O. The maximum atomic E-state index is 12.7. The Morgan fingerprint density at radius 1 is 0.917 bits per heavy atom. The van der Waals surface area contributed by atoms with Crippen molar-refractivity contribution in [2.45, 2.75) is 57.5 Å². The number of ketones is 1. The summed E-state index contributed by atoms with van der Waals surface area (Å²) in [5.74, 6) is -3.72. The van der Waals surface area contributed by atoms with Gasteiger partial charge >= 0.3 is 0 Å². The van der Waals surface area contributed by atoms with Crippen molar-refractivity contribution in [2.75, 3.05) is 6.54 Å². The summed E-state index contributed by atoms with van der Waals surface area (Å²) >= 11 is 0. The average Bonchev–Trinajstić information content (AvgIpc) is 2.85. The summed E-state index contributed by atoms with van der Waals surface area (Å²) in [6.45, 7) is 1.97. The average molecular weight is 499 g/mol. The van der Waals surface area contributed by atoms with Crippen molar-refractivity contribution in [3.8, 4) is 0 Å². The van der Waals surface area contributed by atoms with Gasteiger partial charge in [0.1, 0.15) is 11.7 Å². The van der Waals surface area contributed by atoms with E-state index in [1.165, 1.54) is 6.92 Å². The highest BCUT2D eigenvalue weighted by Crippen LogP contribution is 2.15. The number of Topliss-reactive ketones (excluding diaryl/α,β-unsaturated/α-hetero) is 1. The Morgan fingerprint density at radius 3 is 2.31 bits per heavy atom. The number of para-hydroxylation sites is 1. The van der Waals surface area contributed by atoms with Gasteiger partial charge < -0.3 is 27.8 Å². The number of unbranched alkanes of at least 4 members (excludes halogenated alkanes) is 1. The first-order valence-corrected chi connectivity index (χ1v) is 11.9.